The summed E-state index contributed by atoms with van der Waals surface area (Å²) in [6.45, 7) is 5.86. The van der Waals surface area contributed by atoms with Gasteiger partial charge in [-0.25, -0.2) is 9.78 Å². The summed E-state index contributed by atoms with van der Waals surface area (Å²) in [6, 6.07) is 10.3. The highest BCUT2D eigenvalue weighted by molar-refractivity contribution is 6.09. The van der Waals surface area contributed by atoms with E-state index >= 15 is 0 Å². The van der Waals surface area contributed by atoms with Crippen molar-refractivity contribution in [2.24, 2.45) is 5.41 Å². The van der Waals surface area contributed by atoms with E-state index in [1.54, 1.807) is 30.7 Å². The number of ether oxygens (including phenoxy) is 1. The minimum absolute atomic E-state index is 0.115. The molecule has 2 N–H and O–H groups in total. The highest BCUT2D eigenvalue weighted by atomic mass is 16.5. The smallest absolute Gasteiger partial charge is 0.326 e. The van der Waals surface area contributed by atoms with Crippen LogP contribution < -0.4 is 10.1 Å². The van der Waals surface area contributed by atoms with E-state index in [1.807, 2.05) is 38.1 Å². The number of rotatable bonds is 12. The average Bonchev–Trinajstić information content (AvgIpc) is 2.88. The number of Topliss-reactive ketones (excluding diaryl/α,β-unsaturated/α-hetero) is 1. The van der Waals surface area contributed by atoms with Crippen LogP contribution in [-0.4, -0.2) is 32.9 Å². The highest BCUT2D eigenvalue weighted by Gasteiger charge is 2.46. The van der Waals surface area contributed by atoms with Crippen molar-refractivity contribution in [1.82, 2.24) is 15.3 Å². The number of carbonyl (C=O) groups is 2. The zero-order chi connectivity index (χ0) is 25.7. The number of carbonyl (C=O) groups excluding carboxylic acids is 1. The van der Waals surface area contributed by atoms with Crippen molar-refractivity contribution in [3.63, 3.8) is 0 Å². The zero-order valence-electron chi connectivity index (χ0n) is 21.1. The van der Waals surface area contributed by atoms with Crippen molar-refractivity contribution in [3.05, 3.63) is 71.8 Å². The van der Waals surface area contributed by atoms with Gasteiger partial charge in [0.25, 0.3) is 0 Å². The monoisotopic (exact) mass is 487 g/mol. The lowest BCUT2D eigenvalue weighted by Crippen LogP contribution is -2.51. The summed E-state index contributed by atoms with van der Waals surface area (Å²) in [7, 11) is 0. The number of aromatic nitrogens is 2. The molecule has 0 radical (unpaired) electrons. The van der Waals surface area contributed by atoms with Gasteiger partial charge in [0.05, 0.1) is 10.8 Å². The van der Waals surface area contributed by atoms with Crippen LogP contribution in [-0.2, 0) is 16.0 Å². The number of pyridine rings is 2. The Labute approximate surface area is 211 Å². The zero-order valence-corrected chi connectivity index (χ0v) is 21.1. The molecule has 0 saturated heterocycles. The summed E-state index contributed by atoms with van der Waals surface area (Å²) in [5.41, 5.74) is 1.70. The van der Waals surface area contributed by atoms with E-state index in [1.165, 1.54) is 0 Å². The van der Waals surface area contributed by atoms with Gasteiger partial charge in [-0.05, 0) is 61.9 Å². The fourth-order valence-corrected chi connectivity index (χ4v) is 4.63. The lowest BCUT2D eigenvalue weighted by Gasteiger charge is -2.41. The minimum atomic E-state index is -0.948. The maximum atomic E-state index is 12.7. The van der Waals surface area contributed by atoms with Gasteiger partial charge in [0.1, 0.15) is 11.8 Å². The first-order chi connectivity index (χ1) is 17.3. The largest absolute Gasteiger partial charge is 0.480 e. The molecule has 1 atom stereocenters. The Morgan fingerprint density at radius 2 is 1.83 bits per heavy atom. The van der Waals surface area contributed by atoms with Gasteiger partial charge in [-0.1, -0.05) is 38.3 Å². The SMILES string of the molecule is CCCCCCC1=C(NC(Cc2ccc(Oc3nccc4ccncc34)cc2)C(=O)O)C(C)(C)C1=O. The van der Waals surface area contributed by atoms with Crippen LogP contribution in [0.2, 0.25) is 0 Å². The third kappa shape index (κ3) is 5.40. The van der Waals surface area contributed by atoms with Crippen LogP contribution in [0.3, 0.4) is 0 Å². The standard InChI is InChI=1S/C29H33N3O4/c1-4-5-6-7-8-22-25(29(2,3)26(22)33)32-24(28(34)35)17-19-9-11-21(12-10-19)36-27-23-18-30-15-13-20(23)14-16-31-27/h9-16,18,24,32H,4-8,17H2,1-3H3,(H,34,35). The third-order valence-electron chi connectivity index (χ3n) is 6.77. The van der Waals surface area contributed by atoms with E-state index in [4.69, 9.17) is 4.74 Å². The summed E-state index contributed by atoms with van der Waals surface area (Å²) < 4.78 is 5.97. The van der Waals surface area contributed by atoms with E-state index in [-0.39, 0.29) is 12.2 Å². The van der Waals surface area contributed by atoms with Gasteiger partial charge in [0, 0.05) is 36.3 Å². The van der Waals surface area contributed by atoms with Gasteiger partial charge < -0.3 is 15.2 Å². The van der Waals surface area contributed by atoms with Crippen LogP contribution in [0.5, 0.6) is 11.6 Å². The molecule has 0 fully saturated rings. The van der Waals surface area contributed by atoms with E-state index in [0.29, 0.717) is 18.1 Å². The fourth-order valence-electron chi connectivity index (χ4n) is 4.63. The molecule has 36 heavy (non-hydrogen) atoms. The Bertz CT molecular complexity index is 1280. The summed E-state index contributed by atoms with van der Waals surface area (Å²) in [5.74, 6) is 0.235. The minimum Gasteiger partial charge on any atom is -0.480 e. The molecule has 1 aliphatic rings. The Balaban J connectivity index is 1.45. The van der Waals surface area contributed by atoms with Crippen LogP contribution in [0.15, 0.2) is 66.3 Å². The Kier molecular flexibility index (Phi) is 7.67. The van der Waals surface area contributed by atoms with Gasteiger partial charge in [0.2, 0.25) is 5.88 Å². The topological polar surface area (TPSA) is 101 Å². The summed E-state index contributed by atoms with van der Waals surface area (Å²) in [6.07, 6.45) is 10.4. The molecular formula is C29H33N3O4. The Hall–Kier alpha value is -3.74. The molecule has 3 aromatic rings. The number of nitrogens with one attached hydrogen (secondary N) is 1. The molecule has 2 heterocycles. The lowest BCUT2D eigenvalue weighted by molar-refractivity contribution is -0.139. The first-order valence-electron chi connectivity index (χ1n) is 12.5. The molecule has 0 aliphatic heterocycles. The Morgan fingerprint density at radius 1 is 1.08 bits per heavy atom. The molecule has 0 bridgehead atoms. The van der Waals surface area contributed by atoms with Crippen LogP contribution in [0.1, 0.15) is 58.4 Å². The number of nitrogens with zero attached hydrogens (tertiary/aromatic N) is 2. The second-order valence-corrected chi connectivity index (χ2v) is 9.82. The average molecular weight is 488 g/mol. The molecule has 2 aromatic heterocycles. The summed E-state index contributed by atoms with van der Waals surface area (Å²) in [5, 5.41) is 14.9. The number of carboxylic acid groups (broad SMARTS) is 1. The number of carboxylic acids is 1. The molecular weight excluding hydrogens is 454 g/mol. The number of unbranched alkanes of at least 4 members (excludes halogenated alkanes) is 3. The predicted octanol–water partition coefficient (Wildman–Crippen LogP) is 5.84. The van der Waals surface area contributed by atoms with Crippen molar-refractivity contribution in [3.8, 4) is 11.6 Å². The third-order valence-corrected chi connectivity index (χ3v) is 6.77. The van der Waals surface area contributed by atoms with Gasteiger partial charge in [-0.2, -0.15) is 0 Å². The van der Waals surface area contributed by atoms with Crippen LogP contribution in [0, 0.1) is 5.41 Å². The van der Waals surface area contributed by atoms with Gasteiger partial charge in [-0.3, -0.25) is 9.78 Å². The molecule has 7 heteroatoms. The van der Waals surface area contributed by atoms with Crippen molar-refractivity contribution in [1.29, 1.82) is 0 Å². The first-order valence-corrected chi connectivity index (χ1v) is 12.5. The number of hydrogen-bond acceptors (Lipinski definition) is 6. The number of benzene rings is 1. The van der Waals surface area contributed by atoms with E-state index in [9.17, 15) is 14.7 Å². The number of hydrogen-bond donors (Lipinski definition) is 2. The van der Waals surface area contributed by atoms with E-state index < -0.39 is 17.4 Å². The fraction of sp³-hybridized carbons (Fsp3) is 0.379. The molecule has 0 amide bonds. The predicted molar refractivity (Wildman–Crippen MR) is 139 cm³/mol. The van der Waals surface area contributed by atoms with Crippen molar-refractivity contribution in [2.75, 3.05) is 0 Å². The second-order valence-electron chi connectivity index (χ2n) is 9.82. The Morgan fingerprint density at radius 3 is 2.56 bits per heavy atom. The normalized spacial score (nSPS) is 15.5. The van der Waals surface area contributed by atoms with Crippen molar-refractivity contribution >= 4 is 22.5 Å². The molecule has 4 rings (SSSR count). The van der Waals surface area contributed by atoms with Gasteiger partial charge >= 0.3 is 5.97 Å². The molecule has 7 nitrogen and oxygen atoms in total. The first kappa shape index (κ1) is 25.4. The summed E-state index contributed by atoms with van der Waals surface area (Å²) >= 11 is 0. The number of allylic oxidation sites excluding steroid dienone is 2. The van der Waals surface area contributed by atoms with Crippen LogP contribution >= 0.6 is 0 Å². The van der Waals surface area contributed by atoms with E-state index in [0.717, 1.165) is 53.3 Å². The molecule has 1 unspecified atom stereocenters. The molecule has 1 aliphatic carbocycles. The lowest BCUT2D eigenvalue weighted by atomic mass is 9.67. The summed E-state index contributed by atoms with van der Waals surface area (Å²) in [4.78, 5) is 33.2. The molecule has 0 spiro atoms. The van der Waals surface area contributed by atoms with Crippen molar-refractivity contribution < 1.29 is 19.4 Å². The van der Waals surface area contributed by atoms with Crippen molar-refractivity contribution in [2.45, 2.75) is 65.3 Å². The number of fused-ring (bicyclic) bond motifs is 1. The van der Waals surface area contributed by atoms with Crippen LogP contribution in [0.25, 0.3) is 10.8 Å². The van der Waals surface area contributed by atoms with E-state index in [2.05, 4.69) is 22.2 Å². The molecule has 0 saturated carbocycles. The van der Waals surface area contributed by atoms with Gasteiger partial charge in [-0.15, -0.1) is 0 Å². The van der Waals surface area contributed by atoms with Gasteiger partial charge in [0.15, 0.2) is 5.78 Å². The maximum absolute atomic E-state index is 12.7. The quantitative estimate of drug-likeness (QED) is 0.309. The number of aliphatic carboxylic acids is 1. The molecule has 188 valence electrons. The maximum Gasteiger partial charge on any atom is 0.326 e. The second kappa shape index (κ2) is 10.9. The number of ketones is 1. The highest BCUT2D eigenvalue weighted by Crippen LogP contribution is 2.43. The van der Waals surface area contributed by atoms with Crippen LogP contribution in [0.4, 0.5) is 0 Å². The molecule has 1 aromatic carbocycles.